The van der Waals surface area contributed by atoms with Crippen LogP contribution in [-0.2, 0) is 6.54 Å². The molecule has 0 aromatic heterocycles. The summed E-state index contributed by atoms with van der Waals surface area (Å²) in [4.78, 5) is 10.4. The van der Waals surface area contributed by atoms with E-state index in [0.29, 0.717) is 6.54 Å². The number of nitrogens with zero attached hydrogens (tertiary/aromatic N) is 2. The van der Waals surface area contributed by atoms with E-state index in [1.54, 1.807) is 0 Å². The van der Waals surface area contributed by atoms with Crippen LogP contribution in [0.3, 0.4) is 0 Å². The van der Waals surface area contributed by atoms with Gasteiger partial charge in [-0.05, 0) is 78.1 Å². The van der Waals surface area contributed by atoms with Crippen molar-refractivity contribution < 1.29 is 0 Å². The van der Waals surface area contributed by atoms with E-state index in [4.69, 9.17) is 5.73 Å². The lowest BCUT2D eigenvalue weighted by molar-refractivity contribution is 0.665. The molecule has 2 heterocycles. The Balaban J connectivity index is 1.31. The van der Waals surface area contributed by atoms with Gasteiger partial charge in [-0.15, -0.1) is 0 Å². The van der Waals surface area contributed by atoms with Crippen LogP contribution in [0.5, 0.6) is 0 Å². The summed E-state index contributed by atoms with van der Waals surface area (Å²) in [7, 11) is 0. The molecule has 2 aliphatic heterocycles. The zero-order valence-electron chi connectivity index (χ0n) is 25.1. The highest BCUT2D eigenvalue weighted by Crippen LogP contribution is 2.52. The van der Waals surface area contributed by atoms with E-state index in [1.165, 1.54) is 110 Å². The van der Waals surface area contributed by atoms with Gasteiger partial charge in [-0.25, -0.2) is 0 Å². The first-order valence-corrected chi connectivity index (χ1v) is 17.4. The molecule has 0 radical (unpaired) electrons. The molecule has 0 bridgehead atoms. The average Bonchev–Trinajstić information content (AvgIpc) is 3.03. The second-order valence-corrected chi connectivity index (χ2v) is 13.6. The van der Waals surface area contributed by atoms with Gasteiger partial charge in [0.15, 0.2) is 0 Å². The molecule has 0 saturated carbocycles. The Morgan fingerprint density at radius 2 is 1.02 bits per heavy atom. The van der Waals surface area contributed by atoms with E-state index in [1.807, 2.05) is 23.5 Å². The largest absolute Gasteiger partial charge is 0.340 e. The Hall–Kier alpha value is -2.86. The zero-order valence-corrected chi connectivity index (χ0v) is 26.7. The number of fused-ring (bicyclic) bond motifs is 4. The van der Waals surface area contributed by atoms with Gasteiger partial charge in [0.25, 0.3) is 0 Å². The summed E-state index contributed by atoms with van der Waals surface area (Å²) in [6.45, 7) is 7.25. The summed E-state index contributed by atoms with van der Waals surface area (Å²) < 4.78 is 0. The van der Waals surface area contributed by atoms with Gasteiger partial charge in [0.2, 0.25) is 0 Å². The predicted molar refractivity (Wildman–Crippen MR) is 183 cm³/mol. The van der Waals surface area contributed by atoms with Crippen molar-refractivity contribution in [2.45, 2.75) is 91.3 Å². The van der Waals surface area contributed by atoms with Crippen LogP contribution >= 0.6 is 23.5 Å². The fourth-order valence-corrected chi connectivity index (χ4v) is 8.46. The van der Waals surface area contributed by atoms with E-state index < -0.39 is 0 Å². The molecular formula is C37H43N3S2. The number of anilines is 4. The zero-order chi connectivity index (χ0) is 28.9. The van der Waals surface area contributed by atoms with Gasteiger partial charge >= 0.3 is 0 Å². The maximum atomic E-state index is 6.03. The molecule has 42 heavy (non-hydrogen) atoms. The minimum absolute atomic E-state index is 0.572. The summed E-state index contributed by atoms with van der Waals surface area (Å²) in [5, 5.41) is 0. The molecule has 5 heteroatoms. The molecule has 3 nitrogen and oxygen atoms in total. The van der Waals surface area contributed by atoms with Crippen molar-refractivity contribution in [3.63, 3.8) is 0 Å². The second kappa shape index (κ2) is 13.6. The fraction of sp³-hybridized carbons (Fsp3) is 0.351. The predicted octanol–water partition coefficient (Wildman–Crippen LogP) is 11.2. The monoisotopic (exact) mass is 593 g/mol. The minimum Gasteiger partial charge on any atom is -0.340 e. The number of hydrogen-bond donors (Lipinski definition) is 1. The van der Waals surface area contributed by atoms with Crippen molar-refractivity contribution in [3.8, 4) is 11.1 Å². The Morgan fingerprint density at radius 3 is 1.60 bits per heavy atom. The van der Waals surface area contributed by atoms with Crippen molar-refractivity contribution in [1.29, 1.82) is 0 Å². The molecular weight excluding hydrogens is 551 g/mol. The van der Waals surface area contributed by atoms with E-state index >= 15 is 0 Å². The third-order valence-corrected chi connectivity index (χ3v) is 10.7. The van der Waals surface area contributed by atoms with Gasteiger partial charge in [-0.3, -0.25) is 0 Å². The molecule has 2 aliphatic rings. The topological polar surface area (TPSA) is 32.5 Å². The number of benzene rings is 4. The summed E-state index contributed by atoms with van der Waals surface area (Å²) in [6, 6.07) is 29.8. The van der Waals surface area contributed by atoms with Gasteiger partial charge in [0.1, 0.15) is 0 Å². The molecule has 0 amide bonds. The SMILES string of the molecule is CCCCCCN1c2ccccc2Sc2cc(-c3ccc4c(c3)Sc3cc(CN)ccc3N4CCCCCC)ccc21. The first kappa shape index (κ1) is 29.2. The highest BCUT2D eigenvalue weighted by atomic mass is 32.2. The van der Waals surface area contributed by atoms with Crippen LogP contribution in [0.15, 0.2) is 98.4 Å². The maximum absolute atomic E-state index is 6.03. The Kier molecular flexibility index (Phi) is 9.48. The third kappa shape index (κ3) is 6.10. The highest BCUT2D eigenvalue weighted by Gasteiger charge is 2.26. The number of para-hydroxylation sites is 1. The van der Waals surface area contributed by atoms with Gasteiger partial charge in [-0.2, -0.15) is 0 Å². The van der Waals surface area contributed by atoms with E-state index in [-0.39, 0.29) is 0 Å². The standard InChI is InChI=1S/C37H43N3S2/c1-3-5-7-11-21-39-30-13-9-10-14-34(30)41-36-24-28(16-19-32(36)39)29-17-20-33-37(25-29)42-35-23-27(26-38)15-18-31(35)40(33)22-12-8-6-4-2/h9-10,13-20,23-25H,3-8,11-12,21-22,26,38H2,1-2H3. The summed E-state index contributed by atoms with van der Waals surface area (Å²) in [5.74, 6) is 0. The van der Waals surface area contributed by atoms with Crippen LogP contribution in [0.2, 0.25) is 0 Å². The molecule has 218 valence electrons. The lowest BCUT2D eigenvalue weighted by atomic mass is 10.0. The van der Waals surface area contributed by atoms with Gasteiger partial charge in [0, 0.05) is 39.2 Å². The number of unbranched alkanes of at least 4 members (excludes halogenated alkanes) is 6. The molecule has 0 spiro atoms. The van der Waals surface area contributed by atoms with Crippen molar-refractivity contribution in [3.05, 3.63) is 84.4 Å². The smallest absolute Gasteiger partial charge is 0.0553 e. The summed E-state index contributed by atoms with van der Waals surface area (Å²) in [6.07, 6.45) is 10.1. The normalized spacial score (nSPS) is 13.4. The quantitative estimate of drug-likeness (QED) is 0.165. The van der Waals surface area contributed by atoms with Crippen LogP contribution in [-0.4, -0.2) is 13.1 Å². The molecule has 4 aromatic rings. The fourth-order valence-electron chi connectivity index (χ4n) is 6.13. The maximum Gasteiger partial charge on any atom is 0.0553 e. The molecule has 0 saturated heterocycles. The number of rotatable bonds is 12. The first-order chi connectivity index (χ1) is 20.7. The highest BCUT2D eigenvalue weighted by molar-refractivity contribution is 8.00. The minimum atomic E-state index is 0.572. The van der Waals surface area contributed by atoms with Crippen molar-refractivity contribution >= 4 is 46.3 Å². The Bertz CT molecular complexity index is 1530. The van der Waals surface area contributed by atoms with Crippen molar-refractivity contribution in [1.82, 2.24) is 0 Å². The summed E-state index contributed by atoms with van der Waals surface area (Å²) >= 11 is 3.80. The molecule has 0 atom stereocenters. The van der Waals surface area contributed by atoms with Crippen LogP contribution in [0.25, 0.3) is 11.1 Å². The van der Waals surface area contributed by atoms with Crippen LogP contribution in [0.4, 0.5) is 22.7 Å². The van der Waals surface area contributed by atoms with Crippen molar-refractivity contribution in [2.75, 3.05) is 22.9 Å². The first-order valence-electron chi connectivity index (χ1n) is 15.8. The Morgan fingerprint density at radius 1 is 0.524 bits per heavy atom. The third-order valence-electron chi connectivity index (χ3n) is 8.45. The molecule has 0 aliphatic carbocycles. The van der Waals surface area contributed by atoms with E-state index in [0.717, 1.165) is 13.1 Å². The molecule has 0 fully saturated rings. The lowest BCUT2D eigenvalue weighted by Crippen LogP contribution is -2.22. The van der Waals surface area contributed by atoms with Gasteiger partial charge in [0.05, 0.1) is 22.7 Å². The molecule has 4 aromatic carbocycles. The van der Waals surface area contributed by atoms with Gasteiger partial charge < -0.3 is 15.5 Å². The lowest BCUT2D eigenvalue weighted by Gasteiger charge is -2.34. The van der Waals surface area contributed by atoms with Crippen LogP contribution < -0.4 is 15.5 Å². The molecule has 2 N–H and O–H groups in total. The Labute approximate surface area is 260 Å². The average molecular weight is 594 g/mol. The molecule has 6 rings (SSSR count). The number of hydrogen-bond acceptors (Lipinski definition) is 5. The van der Waals surface area contributed by atoms with Crippen LogP contribution in [0.1, 0.15) is 70.8 Å². The van der Waals surface area contributed by atoms with Crippen LogP contribution in [0, 0.1) is 0 Å². The van der Waals surface area contributed by atoms with E-state index in [2.05, 4.69) is 103 Å². The van der Waals surface area contributed by atoms with Crippen molar-refractivity contribution in [2.24, 2.45) is 5.73 Å². The van der Waals surface area contributed by atoms with Gasteiger partial charge in [-0.1, -0.05) is 106 Å². The molecule has 0 unspecified atom stereocenters. The second-order valence-electron chi connectivity index (χ2n) is 11.5. The number of nitrogens with two attached hydrogens (primary N) is 1. The van der Waals surface area contributed by atoms with E-state index in [9.17, 15) is 0 Å². The summed E-state index contributed by atoms with van der Waals surface area (Å²) in [5.41, 5.74) is 15.1.